The summed E-state index contributed by atoms with van der Waals surface area (Å²) in [4.78, 5) is 1.55. The molecule has 0 radical (unpaired) electrons. The number of ether oxygens (including phenoxy) is 1. The molecule has 0 spiro atoms. The van der Waals surface area contributed by atoms with Gasteiger partial charge in [-0.3, -0.25) is 0 Å². The lowest BCUT2D eigenvalue weighted by atomic mass is 10.2. The van der Waals surface area contributed by atoms with Gasteiger partial charge < -0.3 is 10.1 Å². The van der Waals surface area contributed by atoms with Gasteiger partial charge in [0.1, 0.15) is 5.82 Å². The Bertz CT molecular complexity index is 594. The largest absolute Gasteiger partial charge is 0.383 e. The monoisotopic (exact) mass is 325 g/mol. The van der Waals surface area contributed by atoms with Crippen LogP contribution in [0.15, 0.2) is 52.3 Å². The third-order valence-corrected chi connectivity index (χ3v) is 4.25. The zero-order valence-corrected chi connectivity index (χ0v) is 13.3. The highest BCUT2D eigenvalue weighted by atomic mass is 35.5. The van der Waals surface area contributed by atoms with Crippen molar-refractivity contribution in [2.75, 3.05) is 20.3 Å². The van der Waals surface area contributed by atoms with Gasteiger partial charge in [0.15, 0.2) is 0 Å². The molecule has 0 amide bonds. The Morgan fingerprint density at radius 1 is 1.24 bits per heavy atom. The topological polar surface area (TPSA) is 21.3 Å². The molecular formula is C16H17ClFNOS. The van der Waals surface area contributed by atoms with Crippen molar-refractivity contribution in [1.82, 2.24) is 5.32 Å². The van der Waals surface area contributed by atoms with E-state index in [1.165, 1.54) is 17.8 Å². The number of nitrogens with one attached hydrogen (secondary N) is 1. The summed E-state index contributed by atoms with van der Waals surface area (Å²) in [5, 5.41) is 3.89. The van der Waals surface area contributed by atoms with Crippen molar-refractivity contribution in [2.45, 2.75) is 16.3 Å². The van der Waals surface area contributed by atoms with Crippen LogP contribution in [0, 0.1) is 5.82 Å². The fourth-order valence-electron chi connectivity index (χ4n) is 1.85. The molecule has 2 rings (SSSR count). The van der Waals surface area contributed by atoms with Crippen LogP contribution in [0.5, 0.6) is 0 Å². The molecule has 2 nitrogen and oxygen atoms in total. The van der Waals surface area contributed by atoms with Gasteiger partial charge in [-0.1, -0.05) is 41.6 Å². The van der Waals surface area contributed by atoms with E-state index in [-0.39, 0.29) is 5.82 Å². The second kappa shape index (κ2) is 8.39. The lowest BCUT2D eigenvalue weighted by molar-refractivity contribution is 0.199. The summed E-state index contributed by atoms with van der Waals surface area (Å²) in [6, 6.07) is 12.6. The fourth-order valence-corrected chi connectivity index (χ4v) is 3.11. The van der Waals surface area contributed by atoms with E-state index in [4.69, 9.17) is 16.3 Å². The van der Waals surface area contributed by atoms with E-state index in [9.17, 15) is 4.39 Å². The summed E-state index contributed by atoms with van der Waals surface area (Å²) in [6.45, 7) is 1.96. The van der Waals surface area contributed by atoms with Gasteiger partial charge in [-0.05, 0) is 29.8 Å². The lowest BCUT2D eigenvalue weighted by Gasteiger charge is -2.11. The molecule has 1 N–H and O–H groups in total. The van der Waals surface area contributed by atoms with E-state index in [0.717, 1.165) is 17.0 Å². The predicted octanol–water partition coefficient (Wildman–Crippen LogP) is 4.37. The van der Waals surface area contributed by atoms with Crippen LogP contribution in [0.25, 0.3) is 0 Å². The number of methoxy groups -OCH3 is 1. The molecule has 0 fully saturated rings. The molecule has 0 bridgehead atoms. The van der Waals surface area contributed by atoms with Crippen LogP contribution in [0.3, 0.4) is 0 Å². The molecule has 0 atom stereocenters. The summed E-state index contributed by atoms with van der Waals surface area (Å²) in [5.41, 5.74) is 0.927. The van der Waals surface area contributed by atoms with Crippen molar-refractivity contribution >= 4 is 23.4 Å². The maximum absolute atomic E-state index is 14.1. The Hall–Kier alpha value is -1.07. The van der Waals surface area contributed by atoms with E-state index in [1.807, 2.05) is 24.3 Å². The molecule has 5 heteroatoms. The molecule has 0 aromatic heterocycles. The summed E-state index contributed by atoms with van der Waals surface area (Å²) in [7, 11) is 1.66. The molecule has 0 aliphatic heterocycles. The average Bonchev–Trinajstić information content (AvgIpc) is 2.47. The molecule has 0 saturated carbocycles. The van der Waals surface area contributed by atoms with Gasteiger partial charge >= 0.3 is 0 Å². The number of rotatable bonds is 7. The second-order valence-electron chi connectivity index (χ2n) is 4.46. The average molecular weight is 326 g/mol. The standard InChI is InChI=1S/C16H17ClFNOS/c1-20-9-8-19-11-12-4-2-7-15(18)16(12)21-14-6-3-5-13(17)10-14/h2-7,10,19H,8-9,11H2,1H3. The Morgan fingerprint density at radius 2 is 2.05 bits per heavy atom. The minimum Gasteiger partial charge on any atom is -0.383 e. The van der Waals surface area contributed by atoms with E-state index in [2.05, 4.69) is 5.32 Å². The number of hydrogen-bond acceptors (Lipinski definition) is 3. The molecule has 21 heavy (non-hydrogen) atoms. The SMILES string of the molecule is COCCNCc1cccc(F)c1Sc1cccc(Cl)c1. The zero-order chi connectivity index (χ0) is 15.1. The maximum atomic E-state index is 14.1. The van der Waals surface area contributed by atoms with Crippen molar-refractivity contribution in [3.63, 3.8) is 0 Å². The number of benzene rings is 2. The molecule has 0 saturated heterocycles. The Kier molecular flexibility index (Phi) is 6.51. The molecule has 0 heterocycles. The van der Waals surface area contributed by atoms with Crippen LogP contribution in [-0.4, -0.2) is 20.3 Å². The molecule has 2 aromatic rings. The Balaban J connectivity index is 2.13. The fraction of sp³-hybridized carbons (Fsp3) is 0.250. The number of hydrogen-bond donors (Lipinski definition) is 1. The van der Waals surface area contributed by atoms with Crippen LogP contribution in [0.1, 0.15) is 5.56 Å². The molecule has 2 aromatic carbocycles. The summed E-state index contributed by atoms with van der Waals surface area (Å²) < 4.78 is 19.1. The van der Waals surface area contributed by atoms with E-state index < -0.39 is 0 Å². The number of halogens is 2. The van der Waals surface area contributed by atoms with E-state index in [0.29, 0.717) is 23.1 Å². The van der Waals surface area contributed by atoms with Gasteiger partial charge in [0.25, 0.3) is 0 Å². The summed E-state index contributed by atoms with van der Waals surface area (Å²) >= 11 is 7.36. The van der Waals surface area contributed by atoms with Crippen molar-refractivity contribution in [1.29, 1.82) is 0 Å². The van der Waals surface area contributed by atoms with Gasteiger partial charge in [-0.25, -0.2) is 4.39 Å². The van der Waals surface area contributed by atoms with Crippen molar-refractivity contribution in [3.8, 4) is 0 Å². The normalized spacial score (nSPS) is 10.8. The van der Waals surface area contributed by atoms with Gasteiger partial charge in [0.2, 0.25) is 0 Å². The zero-order valence-electron chi connectivity index (χ0n) is 11.7. The first-order valence-corrected chi connectivity index (χ1v) is 7.80. The Labute approximate surface area is 133 Å². The van der Waals surface area contributed by atoms with E-state index >= 15 is 0 Å². The van der Waals surface area contributed by atoms with Crippen molar-refractivity contribution in [3.05, 3.63) is 58.9 Å². The highest BCUT2D eigenvalue weighted by Crippen LogP contribution is 2.33. The van der Waals surface area contributed by atoms with Crippen LogP contribution >= 0.6 is 23.4 Å². The highest BCUT2D eigenvalue weighted by Gasteiger charge is 2.10. The van der Waals surface area contributed by atoms with E-state index in [1.54, 1.807) is 19.2 Å². The van der Waals surface area contributed by atoms with Crippen molar-refractivity contribution < 1.29 is 9.13 Å². The molecule has 0 aliphatic rings. The quantitative estimate of drug-likeness (QED) is 0.764. The first-order valence-electron chi connectivity index (χ1n) is 6.61. The van der Waals surface area contributed by atoms with Crippen molar-refractivity contribution in [2.24, 2.45) is 0 Å². The minimum absolute atomic E-state index is 0.217. The lowest BCUT2D eigenvalue weighted by Crippen LogP contribution is -2.19. The van der Waals surface area contributed by atoms with Crippen LogP contribution in [0.4, 0.5) is 4.39 Å². The summed E-state index contributed by atoms with van der Waals surface area (Å²) in [6.07, 6.45) is 0. The molecular weight excluding hydrogens is 309 g/mol. The molecule has 0 aliphatic carbocycles. The Morgan fingerprint density at radius 3 is 2.81 bits per heavy atom. The highest BCUT2D eigenvalue weighted by molar-refractivity contribution is 7.99. The first-order chi connectivity index (χ1) is 10.2. The predicted molar refractivity (Wildman–Crippen MR) is 85.6 cm³/mol. The summed E-state index contributed by atoms with van der Waals surface area (Å²) in [5.74, 6) is -0.217. The van der Waals surface area contributed by atoms with Gasteiger partial charge in [-0.2, -0.15) is 0 Å². The molecule has 0 unspecified atom stereocenters. The third-order valence-electron chi connectivity index (χ3n) is 2.86. The molecule has 112 valence electrons. The second-order valence-corrected chi connectivity index (χ2v) is 5.98. The van der Waals surface area contributed by atoms with Gasteiger partial charge in [0, 0.05) is 30.1 Å². The smallest absolute Gasteiger partial charge is 0.137 e. The minimum atomic E-state index is -0.217. The van der Waals surface area contributed by atoms with Crippen LogP contribution < -0.4 is 5.32 Å². The third kappa shape index (κ3) is 5.00. The van der Waals surface area contributed by atoms with Crippen LogP contribution in [-0.2, 0) is 11.3 Å². The van der Waals surface area contributed by atoms with Gasteiger partial charge in [0.05, 0.1) is 11.5 Å². The first kappa shape index (κ1) is 16.3. The maximum Gasteiger partial charge on any atom is 0.137 e. The van der Waals surface area contributed by atoms with Gasteiger partial charge in [-0.15, -0.1) is 0 Å². The van der Waals surface area contributed by atoms with Crippen LogP contribution in [0.2, 0.25) is 5.02 Å².